The first-order chi connectivity index (χ1) is 15.7. The van der Waals surface area contributed by atoms with Crippen molar-refractivity contribution in [3.8, 4) is 16.9 Å². The van der Waals surface area contributed by atoms with Crippen LogP contribution >= 0.6 is 23.2 Å². The predicted octanol–water partition coefficient (Wildman–Crippen LogP) is 6.71. The lowest BCUT2D eigenvalue weighted by Crippen LogP contribution is -2.06. The van der Waals surface area contributed by atoms with E-state index in [-0.39, 0.29) is 11.9 Å². The number of aromatic amines is 1. The number of hydrogen-bond acceptors (Lipinski definition) is 4. The van der Waals surface area contributed by atoms with E-state index >= 15 is 0 Å². The van der Waals surface area contributed by atoms with E-state index in [0.717, 1.165) is 16.6 Å². The highest BCUT2D eigenvalue weighted by molar-refractivity contribution is 7.91. The molecule has 0 aliphatic heterocycles. The number of nitrogens with zero attached hydrogens (tertiary/aromatic N) is 1. The number of fused-ring (bicyclic) bond motifs is 1. The van der Waals surface area contributed by atoms with Crippen molar-refractivity contribution in [3.05, 3.63) is 76.0 Å². The number of sulfone groups is 1. The Kier molecular flexibility index (Phi) is 6.71. The van der Waals surface area contributed by atoms with Gasteiger partial charge in [-0.2, -0.15) is 0 Å². The van der Waals surface area contributed by atoms with Crippen molar-refractivity contribution in [2.24, 2.45) is 0 Å². The van der Waals surface area contributed by atoms with Crippen LogP contribution in [0, 0.1) is 0 Å². The number of benzene rings is 3. The smallest absolute Gasteiger partial charge is 0.178 e. The summed E-state index contributed by atoms with van der Waals surface area (Å²) in [5.74, 6) is 1.48. The minimum Gasteiger partial charge on any atom is -0.490 e. The van der Waals surface area contributed by atoms with Gasteiger partial charge in [-0.1, -0.05) is 60.5 Å². The fraction of sp³-hybridized carbons (Fsp3) is 0.240. The number of aromatic nitrogens is 2. The Morgan fingerprint density at radius 1 is 1.06 bits per heavy atom. The number of rotatable bonds is 7. The van der Waals surface area contributed by atoms with Gasteiger partial charge in [0.25, 0.3) is 0 Å². The summed E-state index contributed by atoms with van der Waals surface area (Å²) in [5, 5.41) is 0.945. The van der Waals surface area contributed by atoms with Crippen LogP contribution in [0.2, 0.25) is 10.0 Å². The van der Waals surface area contributed by atoms with Crippen LogP contribution in [0.5, 0.6) is 5.75 Å². The van der Waals surface area contributed by atoms with E-state index in [9.17, 15) is 8.42 Å². The van der Waals surface area contributed by atoms with Gasteiger partial charge in [-0.3, -0.25) is 0 Å². The summed E-state index contributed by atoms with van der Waals surface area (Å²) >= 11 is 13.5. The molecule has 33 heavy (non-hydrogen) atoms. The first kappa shape index (κ1) is 23.6. The van der Waals surface area contributed by atoms with Crippen LogP contribution in [0.4, 0.5) is 0 Å². The van der Waals surface area contributed by atoms with Gasteiger partial charge in [-0.15, -0.1) is 0 Å². The van der Waals surface area contributed by atoms with Gasteiger partial charge in [0.2, 0.25) is 0 Å². The SMILES string of the molecule is CCS(=O)(=O)c1ccc(Cc2nc3c(Cl)c(-c4ccccc4OC(C)C)c(Cl)cc3[nH]2)cc1. The van der Waals surface area contributed by atoms with Gasteiger partial charge in [0.15, 0.2) is 9.84 Å². The number of hydrogen-bond donors (Lipinski definition) is 1. The molecule has 1 heterocycles. The van der Waals surface area contributed by atoms with Crippen molar-refractivity contribution in [2.75, 3.05) is 5.75 Å². The largest absolute Gasteiger partial charge is 0.490 e. The molecule has 0 spiro atoms. The lowest BCUT2D eigenvalue weighted by Gasteiger charge is -2.16. The van der Waals surface area contributed by atoms with Gasteiger partial charge < -0.3 is 9.72 Å². The van der Waals surface area contributed by atoms with E-state index in [1.807, 2.05) is 44.2 Å². The highest BCUT2D eigenvalue weighted by atomic mass is 35.5. The van der Waals surface area contributed by atoms with Crippen LogP contribution in [0.25, 0.3) is 22.2 Å². The summed E-state index contributed by atoms with van der Waals surface area (Å²) < 4.78 is 30.0. The van der Waals surface area contributed by atoms with Crippen molar-refractivity contribution < 1.29 is 13.2 Å². The zero-order chi connectivity index (χ0) is 23.8. The van der Waals surface area contributed by atoms with Crippen LogP contribution in [0.1, 0.15) is 32.2 Å². The molecule has 0 radical (unpaired) electrons. The van der Waals surface area contributed by atoms with Gasteiger partial charge in [0.05, 0.1) is 32.3 Å². The predicted molar refractivity (Wildman–Crippen MR) is 134 cm³/mol. The molecule has 8 heteroatoms. The van der Waals surface area contributed by atoms with E-state index in [1.165, 1.54) is 0 Å². The number of imidazole rings is 1. The Labute approximate surface area is 203 Å². The monoisotopic (exact) mass is 502 g/mol. The van der Waals surface area contributed by atoms with Crippen molar-refractivity contribution >= 4 is 44.1 Å². The van der Waals surface area contributed by atoms with Crippen LogP contribution in [0.15, 0.2) is 59.5 Å². The van der Waals surface area contributed by atoms with Gasteiger partial charge in [0.1, 0.15) is 17.1 Å². The first-order valence-electron chi connectivity index (χ1n) is 10.6. The molecule has 0 atom stereocenters. The van der Waals surface area contributed by atoms with Crippen LogP contribution in [0.3, 0.4) is 0 Å². The third kappa shape index (κ3) is 4.88. The average molecular weight is 503 g/mol. The van der Waals surface area contributed by atoms with E-state index in [0.29, 0.717) is 44.0 Å². The summed E-state index contributed by atoms with van der Waals surface area (Å²) in [6, 6.07) is 16.3. The van der Waals surface area contributed by atoms with E-state index < -0.39 is 9.84 Å². The first-order valence-corrected chi connectivity index (χ1v) is 13.0. The van der Waals surface area contributed by atoms with Crippen LogP contribution in [-0.2, 0) is 16.3 Å². The summed E-state index contributed by atoms with van der Waals surface area (Å²) in [6.07, 6.45) is 0.500. The maximum Gasteiger partial charge on any atom is 0.178 e. The normalized spacial score (nSPS) is 11.9. The van der Waals surface area contributed by atoms with Crippen LogP contribution in [-0.4, -0.2) is 30.2 Å². The second-order valence-electron chi connectivity index (χ2n) is 8.01. The molecule has 1 N–H and O–H groups in total. The minimum absolute atomic E-state index is 0.00289. The van der Waals surface area contributed by atoms with E-state index in [4.69, 9.17) is 32.9 Å². The lowest BCUT2D eigenvalue weighted by molar-refractivity contribution is 0.243. The molecule has 172 valence electrons. The molecule has 0 saturated heterocycles. The van der Waals surface area contributed by atoms with Crippen molar-refractivity contribution in [3.63, 3.8) is 0 Å². The zero-order valence-electron chi connectivity index (χ0n) is 18.5. The van der Waals surface area contributed by atoms with Gasteiger partial charge in [0, 0.05) is 17.5 Å². The van der Waals surface area contributed by atoms with Crippen molar-refractivity contribution in [1.29, 1.82) is 0 Å². The highest BCUT2D eigenvalue weighted by Crippen LogP contribution is 2.43. The Morgan fingerprint density at radius 2 is 1.76 bits per heavy atom. The molecule has 5 nitrogen and oxygen atoms in total. The number of ether oxygens (including phenoxy) is 1. The van der Waals surface area contributed by atoms with Gasteiger partial charge in [-0.05, 0) is 43.7 Å². The molecule has 4 rings (SSSR count). The standard InChI is InChI=1S/C25H24Cl2N2O3S/c1-4-33(30,31)17-11-9-16(10-12-17)13-22-28-20-14-19(26)23(24(27)25(20)29-22)18-7-5-6-8-21(18)32-15(2)3/h5-12,14-15H,4,13H2,1-3H3,(H,28,29). The van der Waals surface area contributed by atoms with Crippen LogP contribution < -0.4 is 4.74 Å². The third-order valence-electron chi connectivity index (χ3n) is 5.27. The number of nitrogens with one attached hydrogen (secondary N) is 1. The quantitative estimate of drug-likeness (QED) is 0.304. The van der Waals surface area contributed by atoms with Gasteiger partial charge >= 0.3 is 0 Å². The number of para-hydroxylation sites is 1. The molecule has 3 aromatic carbocycles. The second kappa shape index (κ2) is 9.37. The molecule has 4 aromatic rings. The molecule has 0 bridgehead atoms. The van der Waals surface area contributed by atoms with Gasteiger partial charge in [-0.25, -0.2) is 13.4 Å². The van der Waals surface area contributed by atoms with Crippen molar-refractivity contribution in [1.82, 2.24) is 9.97 Å². The summed E-state index contributed by atoms with van der Waals surface area (Å²) in [4.78, 5) is 8.30. The Bertz CT molecular complexity index is 1410. The number of halogens is 2. The highest BCUT2D eigenvalue weighted by Gasteiger charge is 2.19. The lowest BCUT2D eigenvalue weighted by atomic mass is 10.0. The fourth-order valence-corrected chi connectivity index (χ4v) is 5.25. The maximum atomic E-state index is 12.0. The zero-order valence-corrected chi connectivity index (χ0v) is 20.9. The molecule has 0 aliphatic carbocycles. The number of H-pyrrole nitrogens is 1. The molecule has 0 unspecified atom stereocenters. The fourth-order valence-electron chi connectivity index (χ4n) is 3.67. The molecule has 0 saturated carbocycles. The molecule has 0 amide bonds. The average Bonchev–Trinajstić information content (AvgIpc) is 3.17. The molecular weight excluding hydrogens is 479 g/mol. The molecule has 0 aliphatic rings. The molecular formula is C25H24Cl2N2O3S. The second-order valence-corrected chi connectivity index (χ2v) is 11.1. The summed E-state index contributed by atoms with van der Waals surface area (Å²) in [6.45, 7) is 5.56. The topological polar surface area (TPSA) is 72.1 Å². The van der Waals surface area contributed by atoms with Crippen molar-refractivity contribution in [2.45, 2.75) is 38.2 Å². The molecule has 1 aromatic heterocycles. The molecule has 0 fully saturated rings. The summed E-state index contributed by atoms with van der Waals surface area (Å²) in [5.41, 5.74) is 3.77. The van der Waals surface area contributed by atoms with E-state index in [1.54, 1.807) is 31.2 Å². The minimum atomic E-state index is -3.23. The summed E-state index contributed by atoms with van der Waals surface area (Å²) in [7, 11) is -3.23. The Morgan fingerprint density at radius 3 is 2.42 bits per heavy atom. The Balaban J connectivity index is 1.71. The van der Waals surface area contributed by atoms with E-state index in [2.05, 4.69) is 4.98 Å². The third-order valence-corrected chi connectivity index (χ3v) is 7.69. The maximum absolute atomic E-state index is 12.0. The Hall–Kier alpha value is -2.54.